The molecule has 0 aromatic heterocycles. The summed E-state index contributed by atoms with van der Waals surface area (Å²) >= 11 is 1.90. The van der Waals surface area contributed by atoms with Gasteiger partial charge in [0.1, 0.15) is 0 Å². The van der Waals surface area contributed by atoms with Crippen LogP contribution in [0.25, 0.3) is 0 Å². The zero-order valence-corrected chi connectivity index (χ0v) is 11.1. The molecule has 0 radical (unpaired) electrons. The van der Waals surface area contributed by atoms with Gasteiger partial charge in [-0.1, -0.05) is 20.8 Å². The van der Waals surface area contributed by atoms with Gasteiger partial charge in [-0.3, -0.25) is 4.79 Å². The van der Waals surface area contributed by atoms with E-state index < -0.39 is 0 Å². The molecule has 0 heterocycles. The second-order valence-electron chi connectivity index (χ2n) is 4.17. The smallest absolute Gasteiger partial charge is 0.237 e. The fourth-order valence-corrected chi connectivity index (χ4v) is 1.93. The van der Waals surface area contributed by atoms with Gasteiger partial charge in [0.25, 0.3) is 0 Å². The van der Waals surface area contributed by atoms with Crippen LogP contribution in [0.4, 0.5) is 0 Å². The Kier molecular flexibility index (Phi) is 7.88. The molecule has 0 aliphatic rings. The maximum Gasteiger partial charge on any atom is 0.237 e. The molecule has 0 aliphatic carbocycles. The first-order valence-corrected chi connectivity index (χ1v) is 6.78. The molecule has 2 atom stereocenters. The van der Waals surface area contributed by atoms with Crippen LogP contribution in [0.5, 0.6) is 0 Å². The molecule has 0 aromatic carbocycles. The number of hydrogen-bond donors (Lipinski definition) is 2. The van der Waals surface area contributed by atoms with Crippen LogP contribution in [0.3, 0.4) is 0 Å². The lowest BCUT2D eigenvalue weighted by Gasteiger charge is -2.19. The van der Waals surface area contributed by atoms with Crippen LogP contribution in [0.15, 0.2) is 0 Å². The van der Waals surface area contributed by atoms with Crippen molar-refractivity contribution in [2.45, 2.75) is 46.2 Å². The highest BCUT2D eigenvalue weighted by Gasteiger charge is 2.18. The number of amides is 1. The van der Waals surface area contributed by atoms with Crippen molar-refractivity contribution in [2.24, 2.45) is 11.7 Å². The van der Waals surface area contributed by atoms with Crippen LogP contribution >= 0.6 is 11.8 Å². The first-order chi connectivity index (χ1) is 6.99. The van der Waals surface area contributed by atoms with Crippen LogP contribution in [0.2, 0.25) is 0 Å². The lowest BCUT2D eigenvalue weighted by Crippen LogP contribution is -2.47. The van der Waals surface area contributed by atoms with Crippen molar-refractivity contribution in [3.63, 3.8) is 0 Å². The van der Waals surface area contributed by atoms with Crippen molar-refractivity contribution in [1.82, 2.24) is 5.32 Å². The maximum absolute atomic E-state index is 11.6. The molecule has 0 saturated heterocycles. The Hall–Kier alpha value is -0.220. The largest absolute Gasteiger partial charge is 0.352 e. The number of carbonyl (C=O) groups is 1. The van der Waals surface area contributed by atoms with E-state index >= 15 is 0 Å². The van der Waals surface area contributed by atoms with Crippen molar-refractivity contribution >= 4 is 17.7 Å². The predicted octanol–water partition coefficient (Wildman–Crippen LogP) is 1.62. The molecule has 0 rings (SSSR count). The van der Waals surface area contributed by atoms with Crippen LogP contribution in [-0.2, 0) is 4.79 Å². The van der Waals surface area contributed by atoms with Crippen LogP contribution in [0.1, 0.15) is 34.1 Å². The Morgan fingerprint density at radius 2 is 2.00 bits per heavy atom. The van der Waals surface area contributed by atoms with Gasteiger partial charge < -0.3 is 11.1 Å². The number of rotatable bonds is 7. The highest BCUT2D eigenvalue weighted by Crippen LogP contribution is 2.05. The van der Waals surface area contributed by atoms with Gasteiger partial charge in [0.15, 0.2) is 0 Å². The number of thioether (sulfide) groups is 1. The fourth-order valence-electron chi connectivity index (χ4n) is 1.12. The van der Waals surface area contributed by atoms with Crippen molar-refractivity contribution in [2.75, 3.05) is 11.5 Å². The molecule has 3 nitrogen and oxygen atoms in total. The molecule has 0 bridgehead atoms. The van der Waals surface area contributed by atoms with Gasteiger partial charge in [0.05, 0.1) is 6.04 Å². The highest BCUT2D eigenvalue weighted by atomic mass is 32.2. The van der Waals surface area contributed by atoms with Gasteiger partial charge in [-0.25, -0.2) is 0 Å². The number of nitrogens with two attached hydrogens (primary N) is 1. The summed E-state index contributed by atoms with van der Waals surface area (Å²) in [7, 11) is 0. The lowest BCUT2D eigenvalue weighted by atomic mass is 10.0. The summed E-state index contributed by atoms with van der Waals surface area (Å²) in [5, 5.41) is 2.94. The minimum absolute atomic E-state index is 0.0287. The Balaban J connectivity index is 3.75. The SMILES string of the molecule is CCSCCC(C)NC(=O)[C@H](N)C(C)C. The number of hydrogen-bond acceptors (Lipinski definition) is 3. The van der Waals surface area contributed by atoms with Crippen molar-refractivity contribution in [3.05, 3.63) is 0 Å². The summed E-state index contributed by atoms with van der Waals surface area (Å²) in [6.45, 7) is 8.09. The van der Waals surface area contributed by atoms with Gasteiger partial charge in [0, 0.05) is 6.04 Å². The molecule has 0 spiro atoms. The Bertz CT molecular complexity index is 185. The second kappa shape index (κ2) is 7.99. The maximum atomic E-state index is 11.6. The number of nitrogens with one attached hydrogen (secondary N) is 1. The van der Waals surface area contributed by atoms with E-state index in [9.17, 15) is 4.79 Å². The Morgan fingerprint density at radius 1 is 1.40 bits per heavy atom. The van der Waals surface area contributed by atoms with Crippen LogP contribution < -0.4 is 11.1 Å². The standard InChI is InChI=1S/C11H24N2OS/c1-5-15-7-6-9(4)13-11(14)10(12)8(2)3/h8-10H,5-7,12H2,1-4H3,(H,13,14)/t9?,10-/m1/s1. The van der Waals surface area contributed by atoms with Gasteiger partial charge >= 0.3 is 0 Å². The normalized spacial score (nSPS) is 15.1. The third-order valence-electron chi connectivity index (χ3n) is 2.31. The van der Waals surface area contributed by atoms with E-state index in [-0.39, 0.29) is 23.9 Å². The van der Waals surface area contributed by atoms with E-state index in [4.69, 9.17) is 5.73 Å². The molecule has 0 saturated carbocycles. The lowest BCUT2D eigenvalue weighted by molar-refractivity contribution is -0.123. The molecule has 0 aliphatic heterocycles. The molecule has 0 fully saturated rings. The average Bonchev–Trinajstić information content (AvgIpc) is 2.16. The monoisotopic (exact) mass is 232 g/mol. The Morgan fingerprint density at radius 3 is 2.47 bits per heavy atom. The van der Waals surface area contributed by atoms with Crippen molar-refractivity contribution in [3.8, 4) is 0 Å². The molecule has 1 unspecified atom stereocenters. The van der Waals surface area contributed by atoms with E-state index in [1.54, 1.807) is 0 Å². The zero-order valence-electron chi connectivity index (χ0n) is 10.2. The minimum atomic E-state index is -0.383. The summed E-state index contributed by atoms with van der Waals surface area (Å²) in [6, 6.07) is -0.160. The first kappa shape index (κ1) is 14.8. The van der Waals surface area contributed by atoms with Gasteiger partial charge in [-0.15, -0.1) is 0 Å². The summed E-state index contributed by atoms with van der Waals surface area (Å²) in [6.07, 6.45) is 1.01. The van der Waals surface area contributed by atoms with Crippen molar-refractivity contribution < 1.29 is 4.79 Å². The Labute approximate surface area is 97.6 Å². The summed E-state index contributed by atoms with van der Waals surface area (Å²) < 4.78 is 0. The van der Waals surface area contributed by atoms with Gasteiger partial charge in [-0.2, -0.15) is 11.8 Å². The molecule has 15 heavy (non-hydrogen) atoms. The summed E-state index contributed by atoms with van der Waals surface area (Å²) in [5.41, 5.74) is 5.75. The van der Waals surface area contributed by atoms with E-state index in [1.165, 1.54) is 0 Å². The molecule has 1 amide bonds. The molecule has 90 valence electrons. The van der Waals surface area contributed by atoms with E-state index in [0.29, 0.717) is 0 Å². The fraction of sp³-hybridized carbons (Fsp3) is 0.909. The third-order valence-corrected chi connectivity index (χ3v) is 3.24. The van der Waals surface area contributed by atoms with E-state index in [1.807, 2.05) is 32.5 Å². The summed E-state index contributed by atoms with van der Waals surface area (Å²) in [5.74, 6) is 2.39. The topological polar surface area (TPSA) is 55.1 Å². The second-order valence-corrected chi connectivity index (χ2v) is 5.56. The van der Waals surface area contributed by atoms with E-state index in [0.717, 1.165) is 17.9 Å². The van der Waals surface area contributed by atoms with Gasteiger partial charge in [0.2, 0.25) is 5.91 Å². The molecular formula is C11H24N2OS. The summed E-state index contributed by atoms with van der Waals surface area (Å²) in [4.78, 5) is 11.6. The molecular weight excluding hydrogens is 208 g/mol. The quantitative estimate of drug-likeness (QED) is 0.656. The number of carbonyl (C=O) groups excluding carboxylic acids is 1. The average molecular weight is 232 g/mol. The third kappa shape index (κ3) is 6.79. The minimum Gasteiger partial charge on any atom is -0.352 e. The van der Waals surface area contributed by atoms with Crippen LogP contribution in [-0.4, -0.2) is 29.5 Å². The van der Waals surface area contributed by atoms with Crippen LogP contribution in [0, 0.1) is 5.92 Å². The highest BCUT2D eigenvalue weighted by molar-refractivity contribution is 7.99. The van der Waals surface area contributed by atoms with E-state index in [2.05, 4.69) is 12.2 Å². The molecule has 0 aromatic rings. The zero-order chi connectivity index (χ0) is 11.8. The first-order valence-electron chi connectivity index (χ1n) is 5.62. The molecule has 4 heteroatoms. The molecule has 3 N–H and O–H groups in total. The van der Waals surface area contributed by atoms with Crippen molar-refractivity contribution in [1.29, 1.82) is 0 Å². The van der Waals surface area contributed by atoms with Gasteiger partial charge in [-0.05, 0) is 30.8 Å². The predicted molar refractivity (Wildman–Crippen MR) is 68.0 cm³/mol.